The Kier molecular flexibility index (Phi) is 4.58. The number of rotatable bonds is 5. The summed E-state index contributed by atoms with van der Waals surface area (Å²) in [4.78, 5) is 0. The topological polar surface area (TPSA) is 36.9 Å². The fourth-order valence-corrected chi connectivity index (χ4v) is 2.90. The molecule has 2 aliphatic heterocycles. The summed E-state index contributed by atoms with van der Waals surface area (Å²) in [6.07, 6.45) is 2.68. The molecule has 2 heterocycles. The van der Waals surface area contributed by atoms with Crippen molar-refractivity contribution in [1.82, 2.24) is 0 Å². The average molecular weight is 230 g/mol. The number of hydrogen-bond donors (Lipinski definition) is 0. The molecular formula is C12H22O4. The zero-order valence-electron chi connectivity index (χ0n) is 10.2. The van der Waals surface area contributed by atoms with E-state index in [0.29, 0.717) is 24.5 Å². The second-order valence-corrected chi connectivity index (χ2v) is 4.66. The second kappa shape index (κ2) is 5.96. The second-order valence-electron chi connectivity index (χ2n) is 4.66. The molecule has 0 aliphatic carbocycles. The molecule has 0 aromatic heterocycles. The third-order valence-corrected chi connectivity index (χ3v) is 3.66. The van der Waals surface area contributed by atoms with Gasteiger partial charge in [0.15, 0.2) is 0 Å². The normalized spacial score (nSPS) is 39.4. The molecule has 0 N–H and O–H groups in total. The van der Waals surface area contributed by atoms with Gasteiger partial charge in [-0.1, -0.05) is 0 Å². The van der Waals surface area contributed by atoms with E-state index in [2.05, 4.69) is 0 Å². The number of ether oxygens (including phenoxy) is 4. The highest BCUT2D eigenvalue weighted by atomic mass is 16.5. The van der Waals surface area contributed by atoms with Crippen molar-refractivity contribution in [3.05, 3.63) is 0 Å². The van der Waals surface area contributed by atoms with Gasteiger partial charge in [0.2, 0.25) is 0 Å². The SMILES string of the molecule is COCC1CCOC1C1CCOC1COC. The highest BCUT2D eigenvalue weighted by molar-refractivity contribution is 4.89. The van der Waals surface area contributed by atoms with E-state index >= 15 is 0 Å². The van der Waals surface area contributed by atoms with Crippen molar-refractivity contribution < 1.29 is 18.9 Å². The van der Waals surface area contributed by atoms with Crippen molar-refractivity contribution >= 4 is 0 Å². The van der Waals surface area contributed by atoms with Gasteiger partial charge in [0, 0.05) is 39.3 Å². The molecule has 4 unspecified atom stereocenters. The monoisotopic (exact) mass is 230 g/mol. The Morgan fingerprint density at radius 3 is 2.50 bits per heavy atom. The molecular weight excluding hydrogens is 208 g/mol. The van der Waals surface area contributed by atoms with E-state index in [4.69, 9.17) is 18.9 Å². The lowest BCUT2D eigenvalue weighted by molar-refractivity contribution is -0.0375. The van der Waals surface area contributed by atoms with Crippen LogP contribution in [-0.4, -0.2) is 52.9 Å². The Balaban J connectivity index is 1.93. The molecule has 0 spiro atoms. The van der Waals surface area contributed by atoms with Crippen LogP contribution in [0.1, 0.15) is 12.8 Å². The van der Waals surface area contributed by atoms with Crippen LogP contribution in [0.5, 0.6) is 0 Å². The lowest BCUT2D eigenvalue weighted by Crippen LogP contribution is -2.36. The molecule has 4 atom stereocenters. The van der Waals surface area contributed by atoms with Crippen LogP contribution in [0, 0.1) is 11.8 Å². The first-order valence-electron chi connectivity index (χ1n) is 6.08. The number of hydrogen-bond acceptors (Lipinski definition) is 4. The first kappa shape index (κ1) is 12.3. The first-order valence-corrected chi connectivity index (χ1v) is 6.08. The van der Waals surface area contributed by atoms with Gasteiger partial charge >= 0.3 is 0 Å². The molecule has 2 fully saturated rings. The molecule has 0 aromatic carbocycles. The van der Waals surface area contributed by atoms with Gasteiger partial charge in [-0.3, -0.25) is 0 Å². The van der Waals surface area contributed by atoms with Crippen molar-refractivity contribution in [2.45, 2.75) is 25.0 Å². The van der Waals surface area contributed by atoms with Gasteiger partial charge in [-0.15, -0.1) is 0 Å². The Morgan fingerprint density at radius 1 is 1.00 bits per heavy atom. The molecule has 94 valence electrons. The standard InChI is InChI=1S/C12H22O4/c1-13-7-9-3-5-16-12(9)10-4-6-15-11(10)8-14-2/h9-12H,3-8H2,1-2H3. The predicted octanol–water partition coefficient (Wildman–Crippen LogP) is 1.09. The summed E-state index contributed by atoms with van der Waals surface area (Å²) >= 11 is 0. The minimum absolute atomic E-state index is 0.201. The highest BCUT2D eigenvalue weighted by Gasteiger charge is 2.41. The molecule has 2 saturated heterocycles. The maximum absolute atomic E-state index is 5.86. The number of methoxy groups -OCH3 is 2. The first-order chi connectivity index (χ1) is 7.86. The van der Waals surface area contributed by atoms with Crippen molar-refractivity contribution in [2.75, 3.05) is 40.6 Å². The van der Waals surface area contributed by atoms with Crippen LogP contribution in [0.3, 0.4) is 0 Å². The van der Waals surface area contributed by atoms with E-state index in [1.54, 1.807) is 14.2 Å². The average Bonchev–Trinajstić information content (AvgIpc) is 2.87. The van der Waals surface area contributed by atoms with Gasteiger partial charge in [0.05, 0.1) is 25.4 Å². The molecule has 2 rings (SSSR count). The van der Waals surface area contributed by atoms with Crippen LogP contribution in [0.25, 0.3) is 0 Å². The van der Waals surface area contributed by atoms with Crippen LogP contribution in [0.15, 0.2) is 0 Å². The summed E-state index contributed by atoms with van der Waals surface area (Å²) < 4.78 is 22.0. The molecule has 0 radical (unpaired) electrons. The Hall–Kier alpha value is -0.160. The lowest BCUT2D eigenvalue weighted by Gasteiger charge is -2.27. The maximum atomic E-state index is 5.86. The summed E-state index contributed by atoms with van der Waals surface area (Å²) in [7, 11) is 3.48. The summed E-state index contributed by atoms with van der Waals surface area (Å²) in [5, 5.41) is 0. The van der Waals surface area contributed by atoms with Crippen molar-refractivity contribution in [1.29, 1.82) is 0 Å². The van der Waals surface area contributed by atoms with E-state index in [0.717, 1.165) is 32.7 Å². The maximum Gasteiger partial charge on any atom is 0.0862 e. The largest absolute Gasteiger partial charge is 0.384 e. The van der Waals surface area contributed by atoms with Gasteiger partial charge in [-0.05, 0) is 12.8 Å². The van der Waals surface area contributed by atoms with Gasteiger partial charge < -0.3 is 18.9 Å². The van der Waals surface area contributed by atoms with Gasteiger partial charge in [-0.2, -0.15) is 0 Å². The molecule has 0 aromatic rings. The van der Waals surface area contributed by atoms with Crippen LogP contribution < -0.4 is 0 Å². The minimum Gasteiger partial charge on any atom is -0.384 e. The van der Waals surface area contributed by atoms with Gasteiger partial charge in [0.1, 0.15) is 0 Å². The molecule has 16 heavy (non-hydrogen) atoms. The van der Waals surface area contributed by atoms with Crippen molar-refractivity contribution in [2.24, 2.45) is 11.8 Å². The molecule has 4 nitrogen and oxygen atoms in total. The van der Waals surface area contributed by atoms with Gasteiger partial charge in [0.25, 0.3) is 0 Å². The van der Waals surface area contributed by atoms with Crippen LogP contribution >= 0.6 is 0 Å². The van der Waals surface area contributed by atoms with E-state index in [9.17, 15) is 0 Å². The van der Waals surface area contributed by atoms with Gasteiger partial charge in [-0.25, -0.2) is 0 Å². The fraction of sp³-hybridized carbons (Fsp3) is 1.00. The zero-order chi connectivity index (χ0) is 11.4. The fourth-order valence-electron chi connectivity index (χ4n) is 2.90. The van der Waals surface area contributed by atoms with Crippen LogP contribution in [0.2, 0.25) is 0 Å². The quantitative estimate of drug-likeness (QED) is 0.708. The summed E-state index contributed by atoms with van der Waals surface area (Å²) in [5.41, 5.74) is 0. The van der Waals surface area contributed by atoms with E-state index in [-0.39, 0.29) is 6.10 Å². The van der Waals surface area contributed by atoms with E-state index in [1.807, 2.05) is 0 Å². The summed E-state index contributed by atoms with van der Waals surface area (Å²) in [6.45, 7) is 3.15. The Labute approximate surface area is 97.2 Å². The minimum atomic E-state index is 0.201. The van der Waals surface area contributed by atoms with Crippen LogP contribution in [-0.2, 0) is 18.9 Å². The summed E-state index contributed by atoms with van der Waals surface area (Å²) in [6, 6.07) is 0. The molecule has 4 heteroatoms. The zero-order valence-corrected chi connectivity index (χ0v) is 10.2. The lowest BCUT2D eigenvalue weighted by atomic mass is 9.87. The predicted molar refractivity (Wildman–Crippen MR) is 59.4 cm³/mol. The molecule has 0 saturated carbocycles. The molecule has 2 aliphatic rings. The highest BCUT2D eigenvalue weighted by Crippen LogP contribution is 2.35. The Morgan fingerprint density at radius 2 is 1.75 bits per heavy atom. The van der Waals surface area contributed by atoms with E-state index in [1.165, 1.54) is 0 Å². The molecule has 0 bridgehead atoms. The smallest absolute Gasteiger partial charge is 0.0862 e. The van der Waals surface area contributed by atoms with E-state index < -0.39 is 0 Å². The van der Waals surface area contributed by atoms with Crippen molar-refractivity contribution in [3.8, 4) is 0 Å². The molecule has 0 amide bonds. The third kappa shape index (κ3) is 2.56. The Bertz CT molecular complexity index is 187. The van der Waals surface area contributed by atoms with Crippen LogP contribution in [0.4, 0.5) is 0 Å². The van der Waals surface area contributed by atoms with Crippen molar-refractivity contribution in [3.63, 3.8) is 0 Å². The summed E-state index contributed by atoms with van der Waals surface area (Å²) in [5.74, 6) is 0.999. The third-order valence-electron chi connectivity index (χ3n) is 3.66.